The third-order valence-electron chi connectivity index (χ3n) is 5.27. The minimum Gasteiger partial charge on any atom is -0.494 e. The van der Waals surface area contributed by atoms with E-state index in [-0.39, 0.29) is 24.7 Å². The van der Waals surface area contributed by atoms with E-state index in [1.807, 2.05) is 51.1 Å². The Morgan fingerprint density at radius 3 is 2.26 bits per heavy atom. The number of carbonyl (C=O) groups excluding carboxylic acids is 2. The molecule has 0 aliphatic rings. The van der Waals surface area contributed by atoms with Crippen molar-refractivity contribution in [3.05, 3.63) is 81.8 Å². The molecule has 0 unspecified atom stereocenters. The lowest BCUT2D eigenvalue weighted by Gasteiger charge is -2.15. The fourth-order valence-electron chi connectivity index (χ4n) is 3.39. The topological polar surface area (TPSA) is 98.2 Å². The summed E-state index contributed by atoms with van der Waals surface area (Å²) in [5.74, 6) is 1.25. The van der Waals surface area contributed by atoms with Crippen LogP contribution in [0.3, 0.4) is 0 Å². The number of anilines is 1. The van der Waals surface area contributed by atoms with Crippen LogP contribution in [0.1, 0.15) is 43.4 Å². The maximum absolute atomic E-state index is 12.2. The average Bonchev–Trinajstić information content (AvgIpc) is 2.89. The number of nitrogens with zero attached hydrogens (tertiary/aromatic N) is 1. The molecule has 8 nitrogen and oxygen atoms in total. The second-order valence-electron chi connectivity index (χ2n) is 8.34. The highest BCUT2D eigenvalue weighted by Crippen LogP contribution is 2.37. The first-order valence-electron chi connectivity index (χ1n) is 12.4. The van der Waals surface area contributed by atoms with Crippen molar-refractivity contribution in [3.63, 3.8) is 0 Å². The van der Waals surface area contributed by atoms with Crippen molar-refractivity contribution in [2.45, 2.75) is 40.2 Å². The lowest BCUT2D eigenvalue weighted by atomic mass is 10.2. The summed E-state index contributed by atoms with van der Waals surface area (Å²) >= 11 is 3.55. The van der Waals surface area contributed by atoms with Crippen LogP contribution in [0.15, 0.2) is 70.2 Å². The van der Waals surface area contributed by atoms with Gasteiger partial charge >= 0.3 is 0 Å². The summed E-state index contributed by atoms with van der Waals surface area (Å²) in [5.41, 5.74) is 6.03. The SMILES string of the molecule is CCOc1ccc(NC(=O)CCC(=O)NN=Cc2cc(Br)c(OCc3ccc(C)cc3)c(OCC)c2)cc1. The zero-order valence-electron chi connectivity index (χ0n) is 21.8. The average molecular weight is 582 g/mol. The molecule has 0 aliphatic carbocycles. The molecule has 38 heavy (non-hydrogen) atoms. The van der Waals surface area contributed by atoms with Gasteiger partial charge in [-0.25, -0.2) is 5.43 Å². The van der Waals surface area contributed by atoms with Gasteiger partial charge in [-0.15, -0.1) is 0 Å². The first-order chi connectivity index (χ1) is 18.4. The Bertz CT molecular complexity index is 1240. The maximum atomic E-state index is 12.2. The Morgan fingerprint density at radius 2 is 1.58 bits per heavy atom. The van der Waals surface area contributed by atoms with E-state index in [1.54, 1.807) is 30.3 Å². The normalized spacial score (nSPS) is 10.7. The number of amides is 2. The second-order valence-corrected chi connectivity index (χ2v) is 9.19. The molecule has 2 amide bonds. The number of rotatable bonds is 13. The molecule has 3 aromatic carbocycles. The van der Waals surface area contributed by atoms with Gasteiger partial charge < -0.3 is 19.5 Å². The van der Waals surface area contributed by atoms with E-state index in [0.29, 0.717) is 47.0 Å². The zero-order valence-corrected chi connectivity index (χ0v) is 23.3. The predicted molar refractivity (Wildman–Crippen MR) is 152 cm³/mol. The Balaban J connectivity index is 1.51. The molecule has 0 saturated heterocycles. The summed E-state index contributed by atoms with van der Waals surface area (Å²) in [6.07, 6.45) is 1.54. The van der Waals surface area contributed by atoms with E-state index in [1.165, 1.54) is 11.8 Å². The maximum Gasteiger partial charge on any atom is 0.240 e. The molecule has 2 N–H and O–H groups in total. The standard InChI is InChI=1S/C29H32BrN3O5/c1-4-36-24-12-10-23(11-13-24)32-27(34)14-15-28(35)33-31-18-22-16-25(30)29(26(17-22)37-5-2)38-19-21-8-6-20(3)7-9-21/h6-13,16-18H,4-5,14-15,19H2,1-3H3,(H,32,34)(H,33,35). The molecule has 0 aliphatic heterocycles. The van der Waals surface area contributed by atoms with Crippen LogP contribution in [0.5, 0.6) is 17.2 Å². The number of halogens is 1. The number of hydrazone groups is 1. The monoisotopic (exact) mass is 581 g/mol. The minimum absolute atomic E-state index is 0.000118. The van der Waals surface area contributed by atoms with Gasteiger partial charge in [-0.2, -0.15) is 5.10 Å². The van der Waals surface area contributed by atoms with Gasteiger partial charge in [0.1, 0.15) is 12.4 Å². The number of benzene rings is 3. The summed E-state index contributed by atoms with van der Waals surface area (Å²) in [4.78, 5) is 24.3. The van der Waals surface area contributed by atoms with Crippen LogP contribution in [0, 0.1) is 6.92 Å². The zero-order chi connectivity index (χ0) is 27.3. The fraction of sp³-hybridized carbons (Fsp3) is 0.276. The van der Waals surface area contributed by atoms with Gasteiger partial charge in [-0.3, -0.25) is 9.59 Å². The summed E-state index contributed by atoms with van der Waals surface area (Å²) in [6, 6.07) is 18.8. The highest BCUT2D eigenvalue weighted by Gasteiger charge is 2.13. The van der Waals surface area contributed by atoms with Crippen molar-refractivity contribution in [1.29, 1.82) is 0 Å². The second kappa shape index (κ2) is 14.8. The summed E-state index contributed by atoms with van der Waals surface area (Å²) < 4.78 is 17.9. The number of ether oxygens (including phenoxy) is 3. The van der Waals surface area contributed by atoms with E-state index < -0.39 is 0 Å². The number of aryl methyl sites for hydroxylation is 1. The third-order valence-corrected chi connectivity index (χ3v) is 5.86. The predicted octanol–water partition coefficient (Wildman–Crippen LogP) is 6.00. The van der Waals surface area contributed by atoms with Crippen LogP contribution in [0.25, 0.3) is 0 Å². The van der Waals surface area contributed by atoms with Crippen LogP contribution in [-0.2, 0) is 16.2 Å². The van der Waals surface area contributed by atoms with Crippen LogP contribution >= 0.6 is 15.9 Å². The van der Waals surface area contributed by atoms with Gasteiger partial charge in [-0.05, 0) is 84.2 Å². The Morgan fingerprint density at radius 1 is 0.895 bits per heavy atom. The highest BCUT2D eigenvalue weighted by atomic mass is 79.9. The number of nitrogens with one attached hydrogen (secondary N) is 2. The van der Waals surface area contributed by atoms with Gasteiger partial charge in [-0.1, -0.05) is 29.8 Å². The van der Waals surface area contributed by atoms with Crippen LogP contribution < -0.4 is 25.0 Å². The molecule has 0 radical (unpaired) electrons. The Labute approximate surface area is 231 Å². The van der Waals surface area contributed by atoms with Crippen molar-refractivity contribution in [2.24, 2.45) is 5.10 Å². The lowest BCUT2D eigenvalue weighted by molar-refractivity contribution is -0.124. The van der Waals surface area contributed by atoms with E-state index >= 15 is 0 Å². The molecular formula is C29H32BrN3O5. The molecule has 3 aromatic rings. The van der Waals surface area contributed by atoms with Gasteiger partial charge in [0.15, 0.2) is 11.5 Å². The lowest BCUT2D eigenvalue weighted by Crippen LogP contribution is -2.20. The van der Waals surface area contributed by atoms with Crippen molar-refractivity contribution < 1.29 is 23.8 Å². The molecule has 200 valence electrons. The Kier molecular flexibility index (Phi) is 11.2. The van der Waals surface area contributed by atoms with Crippen molar-refractivity contribution in [3.8, 4) is 17.2 Å². The number of carbonyl (C=O) groups is 2. The van der Waals surface area contributed by atoms with Crippen LogP contribution in [0.2, 0.25) is 0 Å². The van der Waals surface area contributed by atoms with E-state index in [2.05, 4.69) is 31.8 Å². The first kappa shape index (κ1) is 28.7. The molecule has 0 heterocycles. The van der Waals surface area contributed by atoms with Gasteiger partial charge in [0, 0.05) is 18.5 Å². The fourth-order valence-corrected chi connectivity index (χ4v) is 3.97. The molecule has 0 atom stereocenters. The molecule has 0 aromatic heterocycles. The molecular weight excluding hydrogens is 550 g/mol. The van der Waals surface area contributed by atoms with Gasteiger partial charge in [0.05, 0.1) is 23.9 Å². The molecule has 3 rings (SSSR count). The van der Waals surface area contributed by atoms with Gasteiger partial charge in [0.25, 0.3) is 0 Å². The third kappa shape index (κ3) is 9.23. The molecule has 0 saturated carbocycles. The first-order valence-corrected chi connectivity index (χ1v) is 13.2. The highest BCUT2D eigenvalue weighted by molar-refractivity contribution is 9.10. The van der Waals surface area contributed by atoms with Gasteiger partial charge in [0.2, 0.25) is 11.8 Å². The van der Waals surface area contributed by atoms with E-state index in [4.69, 9.17) is 14.2 Å². The molecule has 9 heteroatoms. The van der Waals surface area contributed by atoms with Crippen molar-refractivity contribution >= 4 is 39.6 Å². The number of hydrogen-bond acceptors (Lipinski definition) is 6. The van der Waals surface area contributed by atoms with E-state index in [0.717, 1.165) is 11.3 Å². The van der Waals surface area contributed by atoms with Crippen molar-refractivity contribution in [2.75, 3.05) is 18.5 Å². The molecule has 0 spiro atoms. The largest absolute Gasteiger partial charge is 0.494 e. The minimum atomic E-state index is -0.370. The quantitative estimate of drug-likeness (QED) is 0.190. The Hall–Kier alpha value is -3.85. The van der Waals surface area contributed by atoms with Crippen LogP contribution in [0.4, 0.5) is 5.69 Å². The van der Waals surface area contributed by atoms with Crippen molar-refractivity contribution in [1.82, 2.24) is 5.43 Å². The smallest absolute Gasteiger partial charge is 0.240 e. The molecule has 0 bridgehead atoms. The number of hydrogen-bond donors (Lipinski definition) is 2. The van der Waals surface area contributed by atoms with E-state index in [9.17, 15) is 9.59 Å². The summed E-state index contributed by atoms with van der Waals surface area (Å²) in [5, 5.41) is 6.77. The molecule has 0 fully saturated rings. The summed E-state index contributed by atoms with van der Waals surface area (Å²) in [6.45, 7) is 7.27. The summed E-state index contributed by atoms with van der Waals surface area (Å²) in [7, 11) is 0. The van der Waals surface area contributed by atoms with Crippen LogP contribution in [-0.4, -0.2) is 31.2 Å².